The van der Waals surface area contributed by atoms with Gasteiger partial charge >= 0.3 is 5.69 Å². The zero-order chi connectivity index (χ0) is 19.4. The first kappa shape index (κ1) is 20.5. The number of nitrogens with zero attached hydrogens (tertiary/aromatic N) is 2. The van der Waals surface area contributed by atoms with Crippen LogP contribution in [0.4, 0.5) is 5.82 Å². The van der Waals surface area contributed by atoms with E-state index in [1.165, 1.54) is 6.20 Å². The van der Waals surface area contributed by atoms with Gasteiger partial charge in [0.05, 0.1) is 6.61 Å². The van der Waals surface area contributed by atoms with Gasteiger partial charge in [-0.2, -0.15) is 4.98 Å². The second-order valence-electron chi connectivity index (χ2n) is 6.87. The molecule has 5 N–H and O–H groups in total. The minimum absolute atomic E-state index is 0.00861. The van der Waals surface area contributed by atoms with Gasteiger partial charge in [-0.25, -0.2) is 4.79 Å². The van der Waals surface area contributed by atoms with Crippen LogP contribution in [0.1, 0.15) is 44.9 Å². The molecule has 1 fully saturated rings. The highest BCUT2D eigenvalue weighted by Gasteiger charge is 2.43. The Morgan fingerprint density at radius 1 is 1.42 bits per heavy atom. The summed E-state index contributed by atoms with van der Waals surface area (Å²) in [6.45, 7) is 3.37. The summed E-state index contributed by atoms with van der Waals surface area (Å²) in [5.41, 5.74) is 5.67. The molecule has 146 valence electrons. The molecule has 9 nitrogen and oxygen atoms in total. The number of nitrogens with two attached hydrogens (primary N) is 1. The van der Waals surface area contributed by atoms with Crippen LogP contribution in [0.15, 0.2) is 11.0 Å². The summed E-state index contributed by atoms with van der Waals surface area (Å²) in [6, 6.07) is 0. The minimum Gasteiger partial charge on any atom is -0.394 e. The van der Waals surface area contributed by atoms with E-state index in [0.29, 0.717) is 24.8 Å². The summed E-state index contributed by atoms with van der Waals surface area (Å²) in [6.07, 6.45) is -1.26. The van der Waals surface area contributed by atoms with Gasteiger partial charge in [-0.05, 0) is 18.8 Å². The molecule has 3 unspecified atom stereocenters. The van der Waals surface area contributed by atoms with Crippen LogP contribution in [0, 0.1) is 5.92 Å². The van der Waals surface area contributed by atoms with Crippen LogP contribution in [0.25, 0.3) is 0 Å². The average Bonchev–Trinajstić information content (AvgIpc) is 2.85. The van der Waals surface area contributed by atoms with Gasteiger partial charge in [0.25, 0.3) is 0 Å². The van der Waals surface area contributed by atoms with Crippen molar-refractivity contribution >= 4 is 11.6 Å². The van der Waals surface area contributed by atoms with Crippen molar-refractivity contribution in [2.24, 2.45) is 5.92 Å². The van der Waals surface area contributed by atoms with E-state index in [-0.39, 0.29) is 17.5 Å². The fraction of sp³-hybridized carbons (Fsp3) is 0.706. The molecular formula is C17H27N3O6. The lowest BCUT2D eigenvalue weighted by Crippen LogP contribution is -2.36. The SMILES string of the molecule is CCCC(=O)CC(C)Cc1cn([C@@H]2O[C@H](CO)C(O)C2O)c(=O)nc1N. The molecule has 1 aliphatic rings. The van der Waals surface area contributed by atoms with Crippen LogP contribution < -0.4 is 11.4 Å². The van der Waals surface area contributed by atoms with Gasteiger partial charge in [-0.1, -0.05) is 13.8 Å². The normalized spacial score (nSPS) is 26.8. The molecule has 2 rings (SSSR count). The maximum Gasteiger partial charge on any atom is 0.351 e. The standard InChI is InChI=1S/C17H27N3O6/c1-3-4-11(22)6-9(2)5-10-7-20(17(25)19-15(10)18)16-14(24)13(23)12(8-21)26-16/h7,9,12-14,16,21,23-24H,3-6,8H2,1-2H3,(H2,18,19,25)/t9?,12-,13?,14?,16-/m1/s1. The van der Waals surface area contributed by atoms with Gasteiger partial charge in [0, 0.05) is 24.6 Å². The summed E-state index contributed by atoms with van der Waals surface area (Å²) in [7, 11) is 0. The molecule has 0 bridgehead atoms. The third-order valence-corrected chi connectivity index (χ3v) is 4.53. The maximum absolute atomic E-state index is 12.2. The fourth-order valence-electron chi connectivity index (χ4n) is 3.19. The number of Topliss-reactive ketones (excluding diaryl/α,β-unsaturated/α-hetero) is 1. The highest BCUT2D eigenvalue weighted by molar-refractivity contribution is 5.78. The Hall–Kier alpha value is -1.81. The zero-order valence-electron chi connectivity index (χ0n) is 15.0. The zero-order valence-corrected chi connectivity index (χ0v) is 15.0. The van der Waals surface area contributed by atoms with Gasteiger partial charge in [-0.3, -0.25) is 9.36 Å². The first-order chi connectivity index (χ1) is 12.3. The first-order valence-corrected chi connectivity index (χ1v) is 8.80. The molecule has 0 amide bonds. The molecule has 26 heavy (non-hydrogen) atoms. The highest BCUT2D eigenvalue weighted by atomic mass is 16.6. The summed E-state index contributed by atoms with van der Waals surface area (Å²) in [5.74, 6) is 0.241. The summed E-state index contributed by atoms with van der Waals surface area (Å²) in [5, 5.41) is 29.2. The molecule has 1 aromatic rings. The van der Waals surface area contributed by atoms with E-state index in [4.69, 9.17) is 10.5 Å². The second kappa shape index (κ2) is 8.72. The predicted molar refractivity (Wildman–Crippen MR) is 93.3 cm³/mol. The summed E-state index contributed by atoms with van der Waals surface area (Å²) < 4.78 is 6.44. The van der Waals surface area contributed by atoms with E-state index in [1.54, 1.807) is 0 Å². The van der Waals surface area contributed by atoms with Gasteiger partial charge in [0.15, 0.2) is 6.23 Å². The molecule has 1 aromatic heterocycles. The third-order valence-electron chi connectivity index (χ3n) is 4.53. The predicted octanol–water partition coefficient (Wildman–Crippen LogP) is -0.625. The molecule has 0 aromatic carbocycles. The number of aromatic nitrogens is 2. The number of aliphatic hydroxyl groups is 3. The molecule has 1 aliphatic heterocycles. The van der Waals surface area contributed by atoms with Crippen molar-refractivity contribution in [1.82, 2.24) is 9.55 Å². The number of nitrogen functional groups attached to an aromatic ring is 1. The smallest absolute Gasteiger partial charge is 0.351 e. The van der Waals surface area contributed by atoms with Crippen LogP contribution in [-0.4, -0.2) is 55.6 Å². The number of rotatable bonds is 8. The quantitative estimate of drug-likeness (QED) is 0.474. The molecule has 1 saturated heterocycles. The van der Waals surface area contributed by atoms with Gasteiger partial charge in [-0.15, -0.1) is 0 Å². The number of carbonyl (C=O) groups excluding carboxylic acids is 1. The van der Waals surface area contributed by atoms with Gasteiger partial charge < -0.3 is 25.8 Å². The first-order valence-electron chi connectivity index (χ1n) is 8.80. The number of carbonyl (C=O) groups is 1. The van der Waals surface area contributed by atoms with Crippen molar-refractivity contribution in [2.75, 3.05) is 12.3 Å². The Morgan fingerprint density at radius 3 is 2.69 bits per heavy atom. The van der Waals surface area contributed by atoms with Crippen molar-refractivity contribution < 1.29 is 24.9 Å². The molecule has 0 saturated carbocycles. The monoisotopic (exact) mass is 369 g/mol. The number of aliphatic hydroxyl groups excluding tert-OH is 3. The van der Waals surface area contributed by atoms with E-state index >= 15 is 0 Å². The van der Waals surface area contributed by atoms with Crippen molar-refractivity contribution in [1.29, 1.82) is 0 Å². The lowest BCUT2D eigenvalue weighted by Gasteiger charge is -2.19. The molecule has 0 aliphatic carbocycles. The molecule has 0 spiro atoms. The van der Waals surface area contributed by atoms with E-state index in [1.807, 2.05) is 13.8 Å². The van der Waals surface area contributed by atoms with Crippen LogP contribution in [0.5, 0.6) is 0 Å². The van der Waals surface area contributed by atoms with E-state index in [0.717, 1.165) is 11.0 Å². The third kappa shape index (κ3) is 4.47. The van der Waals surface area contributed by atoms with Crippen molar-refractivity contribution in [3.63, 3.8) is 0 Å². The summed E-state index contributed by atoms with van der Waals surface area (Å²) in [4.78, 5) is 27.7. The Kier molecular flexibility index (Phi) is 6.87. The Bertz CT molecular complexity index is 692. The number of hydrogen-bond acceptors (Lipinski definition) is 8. The Labute approximate surface area is 151 Å². The molecular weight excluding hydrogens is 342 g/mol. The molecule has 0 radical (unpaired) electrons. The topological polar surface area (TPSA) is 148 Å². The lowest BCUT2D eigenvalue weighted by molar-refractivity contribution is -0.119. The fourth-order valence-corrected chi connectivity index (χ4v) is 3.19. The molecule has 9 heteroatoms. The van der Waals surface area contributed by atoms with Crippen LogP contribution in [-0.2, 0) is 16.0 Å². The highest BCUT2D eigenvalue weighted by Crippen LogP contribution is 2.29. The van der Waals surface area contributed by atoms with E-state index in [9.17, 15) is 24.9 Å². The van der Waals surface area contributed by atoms with E-state index in [2.05, 4.69) is 4.98 Å². The van der Waals surface area contributed by atoms with E-state index < -0.39 is 36.8 Å². The van der Waals surface area contributed by atoms with Crippen LogP contribution in [0.2, 0.25) is 0 Å². The second-order valence-corrected chi connectivity index (χ2v) is 6.87. The largest absolute Gasteiger partial charge is 0.394 e. The lowest BCUT2D eigenvalue weighted by atomic mass is 9.95. The Balaban J connectivity index is 2.21. The van der Waals surface area contributed by atoms with Crippen LogP contribution >= 0.6 is 0 Å². The maximum atomic E-state index is 12.2. The van der Waals surface area contributed by atoms with Gasteiger partial charge in [0.1, 0.15) is 29.9 Å². The Morgan fingerprint density at radius 2 is 2.12 bits per heavy atom. The molecule has 5 atom stereocenters. The van der Waals surface area contributed by atoms with Gasteiger partial charge in [0.2, 0.25) is 0 Å². The number of anilines is 1. The van der Waals surface area contributed by atoms with Crippen molar-refractivity contribution in [3.8, 4) is 0 Å². The number of ketones is 1. The average molecular weight is 369 g/mol. The molecule has 2 heterocycles. The summed E-state index contributed by atoms with van der Waals surface area (Å²) >= 11 is 0. The van der Waals surface area contributed by atoms with Crippen molar-refractivity contribution in [3.05, 3.63) is 22.2 Å². The number of ether oxygens (including phenoxy) is 1. The minimum atomic E-state index is -1.38. The van der Waals surface area contributed by atoms with Crippen LogP contribution in [0.3, 0.4) is 0 Å². The van der Waals surface area contributed by atoms with Crippen molar-refractivity contribution in [2.45, 2.75) is 64.1 Å². The number of hydrogen-bond donors (Lipinski definition) is 4.